The Morgan fingerprint density at radius 1 is 1.29 bits per heavy atom. The normalized spacial score (nSPS) is 13.4. The summed E-state index contributed by atoms with van der Waals surface area (Å²) in [4.78, 5) is 37.7. The minimum Gasteiger partial charge on any atom is -0.480 e. The van der Waals surface area contributed by atoms with Gasteiger partial charge in [-0.2, -0.15) is 0 Å². The van der Waals surface area contributed by atoms with Crippen molar-refractivity contribution in [2.24, 2.45) is 5.92 Å². The molecule has 128 valence electrons. The van der Waals surface area contributed by atoms with E-state index in [-0.39, 0.29) is 17.4 Å². The number of thioether (sulfide) groups is 1. The van der Waals surface area contributed by atoms with Gasteiger partial charge in [0.15, 0.2) is 5.12 Å². The quantitative estimate of drug-likeness (QED) is 0.712. The number of nitrogens with one attached hydrogen (secondary N) is 2. The van der Waals surface area contributed by atoms with Crippen LogP contribution in [0.5, 0.6) is 0 Å². The van der Waals surface area contributed by atoms with Crippen LogP contribution in [0.25, 0.3) is 10.9 Å². The van der Waals surface area contributed by atoms with Crippen LogP contribution in [0.1, 0.15) is 19.4 Å². The highest BCUT2D eigenvalue weighted by Crippen LogP contribution is 2.19. The summed E-state index contributed by atoms with van der Waals surface area (Å²) in [7, 11) is 0. The van der Waals surface area contributed by atoms with E-state index in [2.05, 4.69) is 10.3 Å². The fourth-order valence-corrected chi connectivity index (χ4v) is 2.99. The van der Waals surface area contributed by atoms with Gasteiger partial charge in [-0.3, -0.25) is 9.59 Å². The van der Waals surface area contributed by atoms with Crippen molar-refractivity contribution in [1.29, 1.82) is 0 Å². The molecule has 1 heterocycles. The number of carbonyl (C=O) groups excluding carboxylic acids is 2. The standard InChI is InChI=1S/C17H20N2O4S/c1-10(9-24-11(2)20)16(21)19-15(17(22)23)7-12-8-18-14-6-4-3-5-13(12)14/h3-6,8,10,15,18H,7,9H2,1-2H3,(H,19,21)(H,22,23)/t10?,15-/m0/s1. The second kappa shape index (κ2) is 8.01. The zero-order valence-electron chi connectivity index (χ0n) is 13.5. The molecule has 0 fully saturated rings. The van der Waals surface area contributed by atoms with Gasteiger partial charge in [-0.1, -0.05) is 36.9 Å². The highest BCUT2D eigenvalue weighted by atomic mass is 32.2. The van der Waals surface area contributed by atoms with Crippen molar-refractivity contribution < 1.29 is 19.5 Å². The number of aliphatic carboxylic acids is 1. The summed E-state index contributed by atoms with van der Waals surface area (Å²) in [5.41, 5.74) is 1.76. The zero-order chi connectivity index (χ0) is 17.7. The number of amides is 1. The molecule has 0 aliphatic carbocycles. The summed E-state index contributed by atoms with van der Waals surface area (Å²) >= 11 is 1.06. The van der Waals surface area contributed by atoms with Gasteiger partial charge in [0.25, 0.3) is 0 Å². The van der Waals surface area contributed by atoms with Crippen LogP contribution in [0.4, 0.5) is 0 Å². The number of hydrogen-bond acceptors (Lipinski definition) is 4. The molecular formula is C17H20N2O4S. The van der Waals surface area contributed by atoms with E-state index < -0.39 is 17.9 Å². The van der Waals surface area contributed by atoms with Crippen molar-refractivity contribution in [1.82, 2.24) is 10.3 Å². The second-order valence-corrected chi connectivity index (χ2v) is 6.86. The number of benzene rings is 1. The lowest BCUT2D eigenvalue weighted by atomic mass is 10.0. The second-order valence-electron chi connectivity index (χ2n) is 5.67. The van der Waals surface area contributed by atoms with E-state index in [9.17, 15) is 19.5 Å². The number of aromatic nitrogens is 1. The summed E-state index contributed by atoms with van der Waals surface area (Å²) in [6.45, 7) is 3.11. The van der Waals surface area contributed by atoms with Gasteiger partial charge >= 0.3 is 5.97 Å². The average Bonchev–Trinajstić information content (AvgIpc) is 2.94. The van der Waals surface area contributed by atoms with E-state index in [1.165, 1.54) is 6.92 Å². The number of hydrogen-bond donors (Lipinski definition) is 3. The first-order valence-electron chi connectivity index (χ1n) is 7.60. The van der Waals surface area contributed by atoms with Gasteiger partial charge in [0.1, 0.15) is 6.04 Å². The topological polar surface area (TPSA) is 99.3 Å². The molecule has 7 heteroatoms. The van der Waals surface area contributed by atoms with Gasteiger partial charge in [0.2, 0.25) is 5.91 Å². The SMILES string of the molecule is CC(=O)SCC(C)C(=O)N[C@@H](Cc1c[nH]c2ccccc12)C(=O)O. The number of carboxylic acids is 1. The molecule has 0 spiro atoms. The number of carbonyl (C=O) groups is 3. The molecule has 3 N–H and O–H groups in total. The molecule has 1 aromatic heterocycles. The molecule has 2 rings (SSSR count). The van der Waals surface area contributed by atoms with Gasteiger partial charge in [-0.25, -0.2) is 4.79 Å². The Morgan fingerprint density at radius 2 is 2.00 bits per heavy atom. The maximum Gasteiger partial charge on any atom is 0.326 e. The van der Waals surface area contributed by atoms with E-state index in [1.807, 2.05) is 24.3 Å². The molecular weight excluding hydrogens is 328 g/mol. The van der Waals surface area contributed by atoms with Gasteiger partial charge in [0, 0.05) is 42.1 Å². The fraction of sp³-hybridized carbons (Fsp3) is 0.353. The number of rotatable bonds is 7. The molecule has 2 atom stereocenters. The number of carboxylic acid groups (broad SMARTS) is 1. The van der Waals surface area contributed by atoms with Crippen LogP contribution in [0.2, 0.25) is 0 Å². The predicted octanol–water partition coefficient (Wildman–Crippen LogP) is 2.20. The Hall–Kier alpha value is -2.28. The summed E-state index contributed by atoms with van der Waals surface area (Å²) in [6, 6.07) is 6.59. The Balaban J connectivity index is 2.05. The molecule has 0 bridgehead atoms. The Labute approximate surface area is 144 Å². The molecule has 24 heavy (non-hydrogen) atoms. The molecule has 1 aromatic carbocycles. The van der Waals surface area contributed by atoms with Crippen molar-refractivity contribution in [3.8, 4) is 0 Å². The maximum atomic E-state index is 12.2. The van der Waals surface area contributed by atoms with Crippen LogP contribution >= 0.6 is 11.8 Å². The Bertz CT molecular complexity index is 756. The van der Waals surface area contributed by atoms with Crippen LogP contribution in [0, 0.1) is 5.92 Å². The smallest absolute Gasteiger partial charge is 0.326 e. The van der Waals surface area contributed by atoms with E-state index in [0.717, 1.165) is 28.2 Å². The Kier molecular flexibility index (Phi) is 6.03. The predicted molar refractivity (Wildman–Crippen MR) is 93.9 cm³/mol. The number of aromatic amines is 1. The lowest BCUT2D eigenvalue weighted by Gasteiger charge is -2.17. The van der Waals surface area contributed by atoms with Crippen molar-refractivity contribution in [2.75, 3.05) is 5.75 Å². The Morgan fingerprint density at radius 3 is 2.67 bits per heavy atom. The number of para-hydroxylation sites is 1. The lowest BCUT2D eigenvalue weighted by Crippen LogP contribution is -2.44. The highest BCUT2D eigenvalue weighted by molar-refractivity contribution is 8.13. The first-order chi connectivity index (χ1) is 11.4. The minimum absolute atomic E-state index is 0.0665. The van der Waals surface area contributed by atoms with Gasteiger partial charge in [-0.15, -0.1) is 0 Å². The fourth-order valence-electron chi connectivity index (χ4n) is 2.35. The van der Waals surface area contributed by atoms with Crippen LogP contribution in [-0.2, 0) is 20.8 Å². The first kappa shape index (κ1) is 18.1. The first-order valence-corrected chi connectivity index (χ1v) is 8.58. The van der Waals surface area contributed by atoms with Crippen molar-refractivity contribution in [3.63, 3.8) is 0 Å². The summed E-state index contributed by atoms with van der Waals surface area (Å²) < 4.78 is 0. The third-order valence-electron chi connectivity index (χ3n) is 3.70. The largest absolute Gasteiger partial charge is 0.480 e. The van der Waals surface area contributed by atoms with E-state index in [1.54, 1.807) is 13.1 Å². The minimum atomic E-state index is -1.08. The van der Waals surface area contributed by atoms with E-state index in [4.69, 9.17) is 0 Å². The van der Waals surface area contributed by atoms with Crippen molar-refractivity contribution >= 4 is 39.7 Å². The average molecular weight is 348 g/mol. The third kappa shape index (κ3) is 4.61. The van der Waals surface area contributed by atoms with Crippen LogP contribution < -0.4 is 5.32 Å². The van der Waals surface area contributed by atoms with Gasteiger partial charge in [-0.05, 0) is 11.6 Å². The van der Waals surface area contributed by atoms with Crippen molar-refractivity contribution in [3.05, 3.63) is 36.0 Å². The molecule has 0 saturated carbocycles. The molecule has 0 saturated heterocycles. The third-order valence-corrected chi connectivity index (χ3v) is 4.77. The summed E-state index contributed by atoms with van der Waals surface area (Å²) in [5, 5.41) is 12.9. The van der Waals surface area contributed by atoms with Gasteiger partial charge < -0.3 is 15.4 Å². The number of fused-ring (bicyclic) bond motifs is 1. The lowest BCUT2D eigenvalue weighted by molar-refractivity contribution is -0.142. The van der Waals surface area contributed by atoms with Crippen LogP contribution in [0.15, 0.2) is 30.5 Å². The molecule has 1 unspecified atom stereocenters. The zero-order valence-corrected chi connectivity index (χ0v) is 14.4. The maximum absolute atomic E-state index is 12.2. The molecule has 0 radical (unpaired) electrons. The highest BCUT2D eigenvalue weighted by Gasteiger charge is 2.24. The monoisotopic (exact) mass is 348 g/mol. The summed E-state index contributed by atoms with van der Waals surface area (Å²) in [5.74, 6) is -1.56. The van der Waals surface area contributed by atoms with Crippen molar-refractivity contribution in [2.45, 2.75) is 26.3 Å². The van der Waals surface area contributed by atoms with E-state index in [0.29, 0.717) is 5.75 Å². The van der Waals surface area contributed by atoms with Crippen LogP contribution in [-0.4, -0.2) is 38.9 Å². The molecule has 2 aromatic rings. The number of H-pyrrole nitrogens is 1. The van der Waals surface area contributed by atoms with Crippen LogP contribution in [0.3, 0.4) is 0 Å². The van der Waals surface area contributed by atoms with E-state index >= 15 is 0 Å². The summed E-state index contributed by atoms with van der Waals surface area (Å²) in [6.07, 6.45) is 1.96. The molecule has 0 aliphatic rings. The molecule has 1 amide bonds. The van der Waals surface area contributed by atoms with Gasteiger partial charge in [0.05, 0.1) is 0 Å². The molecule has 6 nitrogen and oxygen atoms in total. The molecule has 0 aliphatic heterocycles.